The van der Waals surface area contributed by atoms with Gasteiger partial charge in [-0.1, -0.05) is 0 Å². The molecule has 1 aliphatic rings. The molecule has 0 aromatic carbocycles. The summed E-state index contributed by atoms with van der Waals surface area (Å²) < 4.78 is 42.5. The zero-order valence-electron chi connectivity index (χ0n) is 8.40. The van der Waals surface area contributed by atoms with Crippen LogP contribution in [-0.4, -0.2) is 31.0 Å². The molecule has 0 aliphatic carbocycles. The van der Waals surface area contributed by atoms with E-state index in [1.807, 2.05) is 0 Å². The van der Waals surface area contributed by atoms with Gasteiger partial charge in [-0.2, -0.15) is 13.2 Å². The summed E-state index contributed by atoms with van der Waals surface area (Å²) >= 11 is 0. The van der Waals surface area contributed by atoms with E-state index in [4.69, 9.17) is 4.74 Å². The maximum atomic E-state index is 12.4. The van der Waals surface area contributed by atoms with Gasteiger partial charge in [0.2, 0.25) is 0 Å². The smallest absolute Gasteiger partial charge is 0.378 e. The molecule has 0 aromatic heterocycles. The predicted octanol–water partition coefficient (Wildman–Crippen LogP) is 2.09. The summed E-state index contributed by atoms with van der Waals surface area (Å²) in [6.45, 7) is 4.03. The highest BCUT2D eigenvalue weighted by atomic mass is 19.4. The second kappa shape index (κ2) is 4.49. The fourth-order valence-corrected chi connectivity index (χ4v) is 1.83. The Bertz CT molecular complexity index is 183. The number of piperidine rings is 1. The van der Waals surface area contributed by atoms with E-state index < -0.39 is 12.2 Å². The van der Waals surface area contributed by atoms with E-state index in [0.29, 0.717) is 13.0 Å². The summed E-state index contributed by atoms with van der Waals surface area (Å²) in [7, 11) is 0. The fourth-order valence-electron chi connectivity index (χ4n) is 1.83. The summed E-state index contributed by atoms with van der Waals surface area (Å²) in [5, 5.41) is 2.54. The molecule has 1 saturated heterocycles. The maximum Gasteiger partial charge on any atom is 0.403 e. The van der Waals surface area contributed by atoms with Crippen LogP contribution in [0.1, 0.15) is 26.7 Å². The summed E-state index contributed by atoms with van der Waals surface area (Å²) in [5.41, 5.74) is 0. The largest absolute Gasteiger partial charge is 0.403 e. The third kappa shape index (κ3) is 3.13. The molecule has 1 N–H and O–H groups in total. The van der Waals surface area contributed by atoms with Crippen molar-refractivity contribution in [2.75, 3.05) is 6.61 Å². The Morgan fingerprint density at radius 1 is 1.36 bits per heavy atom. The highest BCUT2D eigenvalue weighted by Crippen LogP contribution is 2.29. The van der Waals surface area contributed by atoms with Crippen LogP contribution in [0.4, 0.5) is 13.2 Å². The van der Waals surface area contributed by atoms with Crippen molar-refractivity contribution >= 4 is 0 Å². The van der Waals surface area contributed by atoms with Crippen molar-refractivity contribution in [2.45, 2.75) is 51.1 Å². The van der Waals surface area contributed by atoms with Crippen molar-refractivity contribution in [2.24, 2.45) is 0 Å². The first kappa shape index (κ1) is 11.8. The zero-order chi connectivity index (χ0) is 10.8. The number of hydrogen-bond donors (Lipinski definition) is 1. The van der Waals surface area contributed by atoms with E-state index in [2.05, 4.69) is 5.32 Å². The fraction of sp³-hybridized carbons (Fsp3) is 1.00. The van der Waals surface area contributed by atoms with Gasteiger partial charge in [0, 0.05) is 12.6 Å². The average Bonchev–Trinajstić information content (AvgIpc) is 2.02. The molecule has 1 aliphatic heterocycles. The summed E-state index contributed by atoms with van der Waals surface area (Å²) in [6, 6.07) is -1.55. The lowest BCUT2D eigenvalue weighted by Gasteiger charge is -2.35. The first-order chi connectivity index (χ1) is 6.43. The SMILES string of the molecule is CCOC1CC(C)NC(C(F)(F)F)C1. The van der Waals surface area contributed by atoms with Crippen LogP contribution in [0.15, 0.2) is 0 Å². The van der Waals surface area contributed by atoms with Crippen LogP contribution in [0, 0.1) is 0 Å². The quantitative estimate of drug-likeness (QED) is 0.755. The number of rotatable bonds is 2. The predicted molar refractivity (Wildman–Crippen MR) is 47.1 cm³/mol. The van der Waals surface area contributed by atoms with Crippen molar-refractivity contribution < 1.29 is 17.9 Å². The van der Waals surface area contributed by atoms with Gasteiger partial charge < -0.3 is 10.1 Å². The molecular weight excluding hydrogens is 195 g/mol. The van der Waals surface area contributed by atoms with Gasteiger partial charge in [0.15, 0.2) is 0 Å². The number of alkyl halides is 3. The molecule has 0 bridgehead atoms. The molecule has 0 radical (unpaired) electrons. The normalized spacial score (nSPS) is 34.5. The number of halogens is 3. The minimum absolute atomic E-state index is 0.0294. The van der Waals surface area contributed by atoms with Crippen molar-refractivity contribution in [3.05, 3.63) is 0 Å². The van der Waals surface area contributed by atoms with Gasteiger partial charge in [-0.15, -0.1) is 0 Å². The minimum atomic E-state index is -4.16. The Balaban J connectivity index is 2.54. The van der Waals surface area contributed by atoms with Gasteiger partial charge in [-0.25, -0.2) is 0 Å². The van der Waals surface area contributed by atoms with E-state index >= 15 is 0 Å². The van der Waals surface area contributed by atoms with Gasteiger partial charge >= 0.3 is 6.18 Å². The molecule has 1 heterocycles. The number of ether oxygens (including phenoxy) is 1. The molecule has 0 spiro atoms. The van der Waals surface area contributed by atoms with Crippen LogP contribution >= 0.6 is 0 Å². The van der Waals surface area contributed by atoms with Gasteiger partial charge in [0.05, 0.1) is 6.10 Å². The Hall–Kier alpha value is -0.290. The first-order valence-electron chi connectivity index (χ1n) is 4.87. The van der Waals surface area contributed by atoms with Crippen LogP contribution in [0.25, 0.3) is 0 Å². The minimum Gasteiger partial charge on any atom is -0.378 e. The molecule has 5 heteroatoms. The van der Waals surface area contributed by atoms with Gasteiger partial charge in [0.25, 0.3) is 0 Å². The van der Waals surface area contributed by atoms with Crippen LogP contribution in [0.5, 0.6) is 0 Å². The van der Waals surface area contributed by atoms with Gasteiger partial charge in [-0.05, 0) is 26.7 Å². The summed E-state index contributed by atoms with van der Waals surface area (Å²) in [5.74, 6) is 0. The number of hydrogen-bond acceptors (Lipinski definition) is 2. The third-order valence-electron chi connectivity index (χ3n) is 2.40. The van der Waals surface area contributed by atoms with E-state index in [1.165, 1.54) is 0 Å². The van der Waals surface area contributed by atoms with E-state index in [1.54, 1.807) is 13.8 Å². The van der Waals surface area contributed by atoms with E-state index in [0.717, 1.165) is 0 Å². The topological polar surface area (TPSA) is 21.3 Å². The molecular formula is C9H16F3NO. The number of nitrogens with one attached hydrogen (secondary N) is 1. The lowest BCUT2D eigenvalue weighted by Crippen LogP contribution is -2.53. The molecule has 0 amide bonds. The third-order valence-corrected chi connectivity index (χ3v) is 2.40. The molecule has 2 nitrogen and oxygen atoms in total. The van der Waals surface area contributed by atoms with Gasteiger partial charge in [-0.3, -0.25) is 0 Å². The molecule has 3 unspecified atom stereocenters. The molecule has 1 fully saturated rings. The molecule has 0 aromatic rings. The molecule has 84 valence electrons. The highest BCUT2D eigenvalue weighted by molar-refractivity contribution is 4.88. The van der Waals surface area contributed by atoms with Crippen LogP contribution < -0.4 is 5.32 Å². The van der Waals surface area contributed by atoms with Crippen molar-refractivity contribution in [3.8, 4) is 0 Å². The Morgan fingerprint density at radius 3 is 2.50 bits per heavy atom. The Kier molecular flexibility index (Phi) is 3.78. The van der Waals surface area contributed by atoms with Crippen molar-refractivity contribution in [1.29, 1.82) is 0 Å². The van der Waals surface area contributed by atoms with Crippen LogP contribution in [0.3, 0.4) is 0 Å². The monoisotopic (exact) mass is 211 g/mol. The van der Waals surface area contributed by atoms with Crippen LogP contribution in [0.2, 0.25) is 0 Å². The second-order valence-electron chi connectivity index (χ2n) is 3.71. The molecule has 14 heavy (non-hydrogen) atoms. The van der Waals surface area contributed by atoms with Crippen molar-refractivity contribution in [1.82, 2.24) is 5.32 Å². The molecule has 3 atom stereocenters. The lowest BCUT2D eigenvalue weighted by molar-refractivity contribution is -0.173. The average molecular weight is 211 g/mol. The summed E-state index contributed by atoms with van der Waals surface area (Å²) in [4.78, 5) is 0. The Morgan fingerprint density at radius 2 is 2.00 bits per heavy atom. The molecule has 0 saturated carbocycles. The zero-order valence-corrected chi connectivity index (χ0v) is 8.40. The van der Waals surface area contributed by atoms with E-state index in [-0.39, 0.29) is 18.6 Å². The van der Waals surface area contributed by atoms with Crippen LogP contribution in [-0.2, 0) is 4.74 Å². The Labute approximate surface area is 81.8 Å². The second-order valence-corrected chi connectivity index (χ2v) is 3.71. The highest BCUT2D eigenvalue weighted by Gasteiger charge is 2.44. The first-order valence-corrected chi connectivity index (χ1v) is 4.87. The summed E-state index contributed by atoms with van der Waals surface area (Å²) in [6.07, 6.45) is -3.74. The molecule has 1 rings (SSSR count). The van der Waals surface area contributed by atoms with Crippen molar-refractivity contribution in [3.63, 3.8) is 0 Å². The lowest BCUT2D eigenvalue weighted by atomic mass is 9.96. The standard InChI is InChI=1S/C9H16F3NO/c1-3-14-7-4-6(2)13-8(5-7)9(10,11)12/h6-8,13H,3-5H2,1-2H3. The maximum absolute atomic E-state index is 12.4. The van der Waals surface area contributed by atoms with E-state index in [9.17, 15) is 13.2 Å². The van der Waals surface area contributed by atoms with Gasteiger partial charge in [0.1, 0.15) is 6.04 Å².